The van der Waals surface area contributed by atoms with Crippen molar-refractivity contribution in [3.05, 3.63) is 34.9 Å². The molecule has 10 heteroatoms. The molecule has 0 radical (unpaired) electrons. The second kappa shape index (κ2) is 12.3. The van der Waals surface area contributed by atoms with Crippen molar-refractivity contribution >= 4 is 48.3 Å². The van der Waals surface area contributed by atoms with E-state index in [9.17, 15) is 5.11 Å². The van der Waals surface area contributed by atoms with E-state index in [-0.39, 0.29) is 31.4 Å². The zero-order valence-electron chi connectivity index (χ0n) is 15.7. The Morgan fingerprint density at radius 2 is 2.04 bits per heavy atom. The van der Waals surface area contributed by atoms with E-state index in [0.717, 1.165) is 50.3 Å². The Kier molecular flexibility index (Phi) is 10.9. The molecule has 2 unspecified atom stereocenters. The number of aromatic amines is 1. The number of anilines is 2. The Hall–Kier alpha value is -1.25. The first kappa shape index (κ1) is 24.8. The number of aliphatic hydroxyl groups is 1. The number of aromatic nitrogens is 3. The fourth-order valence-electron chi connectivity index (χ4n) is 3.59. The van der Waals surface area contributed by atoms with Crippen molar-refractivity contribution in [2.75, 3.05) is 36.9 Å². The second-order valence-corrected chi connectivity index (χ2v) is 7.25. The van der Waals surface area contributed by atoms with E-state index in [1.165, 1.54) is 5.56 Å². The number of rotatable bonds is 8. The van der Waals surface area contributed by atoms with Crippen molar-refractivity contribution in [2.24, 2.45) is 5.92 Å². The number of nitrogens with two attached hydrogens (primary N) is 1. The van der Waals surface area contributed by atoms with E-state index in [2.05, 4.69) is 37.5 Å². The van der Waals surface area contributed by atoms with Gasteiger partial charge in [-0.05, 0) is 55.8 Å². The molecule has 1 aromatic carbocycles. The van der Waals surface area contributed by atoms with Crippen molar-refractivity contribution in [3.8, 4) is 0 Å². The van der Waals surface area contributed by atoms with Gasteiger partial charge in [0.2, 0.25) is 11.9 Å². The van der Waals surface area contributed by atoms with E-state index in [0.29, 0.717) is 23.9 Å². The molecule has 158 valence electrons. The first-order valence-electron chi connectivity index (χ1n) is 9.17. The number of benzene rings is 1. The molecule has 2 aromatic rings. The Morgan fingerprint density at radius 3 is 2.68 bits per heavy atom. The maximum absolute atomic E-state index is 9.23. The Balaban J connectivity index is 0.00000196. The third kappa shape index (κ3) is 6.97. The summed E-state index contributed by atoms with van der Waals surface area (Å²) in [5.74, 6) is 1.45. The van der Waals surface area contributed by atoms with E-state index < -0.39 is 0 Å². The van der Waals surface area contributed by atoms with Crippen LogP contribution in [0, 0.1) is 5.92 Å². The highest BCUT2D eigenvalue weighted by Crippen LogP contribution is 2.24. The van der Waals surface area contributed by atoms with Crippen molar-refractivity contribution in [3.63, 3.8) is 0 Å². The number of H-pyrrole nitrogens is 1. The highest BCUT2D eigenvalue weighted by atomic mass is 35.5. The molecule has 28 heavy (non-hydrogen) atoms. The number of hydrogen-bond acceptors (Lipinski definition) is 6. The smallest absolute Gasteiger partial charge is 0.246 e. The molecule has 0 saturated carbocycles. The molecular formula is C18H29Cl3N6O. The Bertz CT molecular complexity index is 684. The van der Waals surface area contributed by atoms with Gasteiger partial charge < -0.3 is 21.1 Å². The molecule has 7 nitrogen and oxygen atoms in total. The largest absolute Gasteiger partial charge is 0.396 e. The van der Waals surface area contributed by atoms with Crippen molar-refractivity contribution in [2.45, 2.75) is 31.7 Å². The molecule has 1 aromatic heterocycles. The second-order valence-electron chi connectivity index (χ2n) is 6.82. The van der Waals surface area contributed by atoms with Gasteiger partial charge in [0.25, 0.3) is 0 Å². The molecule has 0 amide bonds. The minimum atomic E-state index is 0. The molecule has 2 atom stereocenters. The van der Waals surface area contributed by atoms with Gasteiger partial charge >= 0.3 is 0 Å². The summed E-state index contributed by atoms with van der Waals surface area (Å²) in [4.78, 5) is 6.41. The predicted molar refractivity (Wildman–Crippen MR) is 119 cm³/mol. The maximum atomic E-state index is 9.23. The highest BCUT2D eigenvalue weighted by molar-refractivity contribution is 6.30. The lowest BCUT2D eigenvalue weighted by Gasteiger charge is -2.38. The van der Waals surface area contributed by atoms with Crippen molar-refractivity contribution < 1.29 is 5.11 Å². The summed E-state index contributed by atoms with van der Waals surface area (Å²) in [6, 6.07) is 8.44. The number of piperidine rings is 1. The number of nitrogens with one attached hydrogen (secondary N) is 2. The quantitative estimate of drug-likeness (QED) is 0.492. The monoisotopic (exact) mass is 450 g/mol. The average Bonchev–Trinajstić information content (AvgIpc) is 3.08. The summed E-state index contributed by atoms with van der Waals surface area (Å²) >= 11 is 5.94. The average molecular weight is 452 g/mol. The molecule has 2 heterocycles. The van der Waals surface area contributed by atoms with E-state index >= 15 is 0 Å². The minimum Gasteiger partial charge on any atom is -0.396 e. The Labute approximate surface area is 183 Å². The zero-order valence-corrected chi connectivity index (χ0v) is 18.1. The highest BCUT2D eigenvalue weighted by Gasteiger charge is 2.30. The lowest BCUT2D eigenvalue weighted by Crippen LogP contribution is -2.50. The SMILES string of the molecule is Cl.Cl.Nc1nc(N2CCC(NCCc3ccc(Cl)cc3)C(CCCO)C2)n[nH]1. The molecular weight excluding hydrogens is 423 g/mol. The van der Waals surface area contributed by atoms with Crippen LogP contribution in [0.4, 0.5) is 11.9 Å². The lowest BCUT2D eigenvalue weighted by molar-refractivity contribution is 0.238. The van der Waals surface area contributed by atoms with Crippen LogP contribution in [0.25, 0.3) is 0 Å². The third-order valence-corrected chi connectivity index (χ3v) is 5.23. The summed E-state index contributed by atoms with van der Waals surface area (Å²) in [6.07, 6.45) is 3.78. The van der Waals surface area contributed by atoms with Gasteiger partial charge in [-0.15, -0.1) is 29.9 Å². The fourth-order valence-corrected chi connectivity index (χ4v) is 3.71. The zero-order chi connectivity index (χ0) is 18.4. The molecule has 1 aliphatic rings. The van der Waals surface area contributed by atoms with Gasteiger partial charge in [0.1, 0.15) is 0 Å². The van der Waals surface area contributed by atoms with Crippen LogP contribution in [-0.2, 0) is 6.42 Å². The Morgan fingerprint density at radius 1 is 1.29 bits per heavy atom. The number of aliphatic hydroxyl groups excluding tert-OH is 1. The number of nitrogen functional groups attached to an aromatic ring is 1. The van der Waals surface area contributed by atoms with Crippen LogP contribution in [0.15, 0.2) is 24.3 Å². The topological polar surface area (TPSA) is 103 Å². The summed E-state index contributed by atoms with van der Waals surface area (Å²) in [6.45, 7) is 2.92. The van der Waals surface area contributed by atoms with Crippen LogP contribution in [0.1, 0.15) is 24.8 Å². The lowest BCUT2D eigenvalue weighted by atomic mass is 9.88. The van der Waals surface area contributed by atoms with Gasteiger partial charge in [-0.25, -0.2) is 5.10 Å². The summed E-state index contributed by atoms with van der Waals surface area (Å²) in [5.41, 5.74) is 6.93. The van der Waals surface area contributed by atoms with Crippen LogP contribution in [-0.4, -0.2) is 52.6 Å². The molecule has 0 bridgehead atoms. The first-order chi connectivity index (χ1) is 12.7. The van der Waals surface area contributed by atoms with Crippen LogP contribution in [0.3, 0.4) is 0 Å². The molecule has 0 aliphatic carbocycles. The first-order valence-corrected chi connectivity index (χ1v) is 9.55. The van der Waals surface area contributed by atoms with Crippen LogP contribution in [0.5, 0.6) is 0 Å². The van der Waals surface area contributed by atoms with Crippen LogP contribution >= 0.6 is 36.4 Å². The van der Waals surface area contributed by atoms with Gasteiger partial charge in [0, 0.05) is 30.8 Å². The summed E-state index contributed by atoms with van der Waals surface area (Å²) in [5, 5.41) is 20.6. The van der Waals surface area contributed by atoms with E-state index in [4.69, 9.17) is 17.3 Å². The number of hydrogen-bond donors (Lipinski definition) is 4. The molecule has 0 spiro atoms. The van der Waals surface area contributed by atoms with Crippen molar-refractivity contribution in [1.29, 1.82) is 0 Å². The van der Waals surface area contributed by atoms with Crippen LogP contribution < -0.4 is 16.0 Å². The fraction of sp³-hybridized carbons (Fsp3) is 0.556. The summed E-state index contributed by atoms with van der Waals surface area (Å²) < 4.78 is 0. The van der Waals surface area contributed by atoms with Crippen molar-refractivity contribution in [1.82, 2.24) is 20.5 Å². The molecule has 3 rings (SSSR count). The molecule has 1 aliphatic heterocycles. The molecule has 1 saturated heterocycles. The minimum absolute atomic E-state index is 0. The number of nitrogens with zero attached hydrogens (tertiary/aromatic N) is 3. The third-order valence-electron chi connectivity index (χ3n) is 4.97. The maximum Gasteiger partial charge on any atom is 0.246 e. The van der Waals surface area contributed by atoms with Gasteiger partial charge in [-0.2, -0.15) is 4.98 Å². The van der Waals surface area contributed by atoms with Crippen LogP contribution in [0.2, 0.25) is 5.02 Å². The van der Waals surface area contributed by atoms with Gasteiger partial charge in [-0.3, -0.25) is 0 Å². The number of halogens is 3. The normalized spacial score (nSPS) is 19.0. The standard InChI is InChI=1S/C18H27ClN6O.2ClH/c19-15-5-3-13(4-6-15)7-9-21-16-8-10-25(12-14(16)2-1-11-26)18-22-17(20)23-24-18;;/h3-6,14,16,21,26H,1-2,7-12H2,(H3,20,22,23,24);2*1H. The van der Waals surface area contributed by atoms with E-state index in [1.54, 1.807) is 0 Å². The molecule has 1 fully saturated rings. The van der Waals surface area contributed by atoms with Gasteiger partial charge in [-0.1, -0.05) is 23.7 Å². The van der Waals surface area contributed by atoms with E-state index in [1.807, 2.05) is 12.1 Å². The summed E-state index contributed by atoms with van der Waals surface area (Å²) in [7, 11) is 0. The molecule has 5 N–H and O–H groups in total. The van der Waals surface area contributed by atoms with Gasteiger partial charge in [0.15, 0.2) is 0 Å². The van der Waals surface area contributed by atoms with Gasteiger partial charge in [0.05, 0.1) is 0 Å². The predicted octanol–water partition coefficient (Wildman–Crippen LogP) is 2.68.